The number of phosphoric ester groups is 1. The van der Waals surface area contributed by atoms with Crippen molar-refractivity contribution in [2.75, 3.05) is 26.4 Å². The summed E-state index contributed by atoms with van der Waals surface area (Å²) in [5, 5.41) is 20.6. The van der Waals surface area contributed by atoms with Gasteiger partial charge in [0.05, 0.1) is 25.4 Å². The highest BCUT2D eigenvalue weighted by atomic mass is 31.2. The van der Waals surface area contributed by atoms with Gasteiger partial charge in [-0.15, -0.1) is 0 Å². The average molecular weight is 794 g/mol. The maximum absolute atomic E-state index is 12.6. The molecule has 0 heterocycles. The number of carbonyl (C=O) groups excluding carboxylic acids is 2. The Labute approximate surface area is 331 Å². The lowest BCUT2D eigenvalue weighted by atomic mass is 10.0. The van der Waals surface area contributed by atoms with Crippen LogP contribution in [0.3, 0.4) is 0 Å². The summed E-state index contributed by atoms with van der Waals surface area (Å²) in [5.74, 6) is -1.15. The first-order valence-electron chi connectivity index (χ1n) is 20.2. The predicted octanol–water partition coefficient (Wildman–Crippen LogP) is 9.21. The second kappa shape index (κ2) is 38.0. The van der Waals surface area contributed by atoms with Crippen molar-refractivity contribution in [1.82, 2.24) is 0 Å². The fourth-order valence-corrected chi connectivity index (χ4v) is 5.68. The number of phosphoric acid groups is 1. The van der Waals surface area contributed by atoms with Gasteiger partial charge in [-0.3, -0.25) is 18.6 Å². The van der Waals surface area contributed by atoms with Gasteiger partial charge in [-0.2, -0.15) is 0 Å². The fourth-order valence-electron chi connectivity index (χ4n) is 4.91. The highest BCUT2D eigenvalue weighted by Gasteiger charge is 2.26. The van der Waals surface area contributed by atoms with Crippen LogP contribution in [-0.4, -0.2) is 71.7 Å². The van der Waals surface area contributed by atoms with E-state index in [-0.39, 0.29) is 45.3 Å². The lowest BCUT2D eigenvalue weighted by molar-refractivity contribution is -0.161. The molecule has 0 aliphatic carbocycles. The van der Waals surface area contributed by atoms with Crippen molar-refractivity contribution in [2.24, 2.45) is 5.73 Å². The number of allylic oxidation sites excluding steroid dienone is 13. The first-order chi connectivity index (χ1) is 26.6. The first kappa shape index (κ1) is 52.1. The Morgan fingerprint density at radius 1 is 0.618 bits per heavy atom. The third-order valence-electron chi connectivity index (χ3n) is 7.98. The number of hydrogen-bond donors (Lipinski definition) is 4. The van der Waals surface area contributed by atoms with Crippen molar-refractivity contribution >= 4 is 19.8 Å². The number of ether oxygens (including phenoxy) is 2. The van der Waals surface area contributed by atoms with Gasteiger partial charge in [0.25, 0.3) is 0 Å². The highest BCUT2D eigenvalue weighted by molar-refractivity contribution is 7.47. The second-order valence-corrected chi connectivity index (χ2v) is 14.5. The van der Waals surface area contributed by atoms with Crippen molar-refractivity contribution in [3.8, 4) is 0 Å². The Balaban J connectivity index is 4.49. The lowest BCUT2D eigenvalue weighted by Gasteiger charge is -2.20. The number of hydrogen-bond acceptors (Lipinski definition) is 10. The first-order valence-corrected chi connectivity index (χ1v) is 21.7. The van der Waals surface area contributed by atoms with E-state index in [0.29, 0.717) is 6.42 Å². The van der Waals surface area contributed by atoms with Crippen molar-refractivity contribution in [1.29, 1.82) is 0 Å². The molecule has 11 nitrogen and oxygen atoms in total. The number of aliphatic hydroxyl groups is 2. The molecule has 0 rings (SSSR count). The molecule has 0 saturated heterocycles. The molecule has 0 fully saturated rings. The Kier molecular flexibility index (Phi) is 36.0. The number of rotatable bonds is 36. The minimum Gasteiger partial charge on any atom is -0.462 e. The van der Waals surface area contributed by atoms with Crippen LogP contribution in [-0.2, 0) is 32.7 Å². The summed E-state index contributed by atoms with van der Waals surface area (Å²) < 4.78 is 32.5. The zero-order chi connectivity index (χ0) is 40.7. The van der Waals surface area contributed by atoms with E-state index in [1.54, 1.807) is 0 Å². The van der Waals surface area contributed by atoms with Crippen molar-refractivity contribution in [3.05, 3.63) is 85.1 Å². The number of carbonyl (C=O) groups is 2. The van der Waals surface area contributed by atoms with Gasteiger partial charge in [-0.25, -0.2) is 4.57 Å². The average Bonchev–Trinajstić information content (AvgIpc) is 3.16. The topological polar surface area (TPSA) is 175 Å². The summed E-state index contributed by atoms with van der Waals surface area (Å²) in [5.41, 5.74) is 5.32. The molecule has 314 valence electrons. The quantitative estimate of drug-likeness (QED) is 0.0206. The summed E-state index contributed by atoms with van der Waals surface area (Å²) in [7, 11) is -4.45. The molecular weight excluding hydrogens is 721 g/mol. The summed E-state index contributed by atoms with van der Waals surface area (Å²) >= 11 is 0. The van der Waals surface area contributed by atoms with E-state index in [0.717, 1.165) is 77.0 Å². The molecule has 5 N–H and O–H groups in total. The highest BCUT2D eigenvalue weighted by Crippen LogP contribution is 2.43. The summed E-state index contributed by atoms with van der Waals surface area (Å²) in [6.07, 6.45) is 39.3. The van der Waals surface area contributed by atoms with Gasteiger partial charge in [-0.05, 0) is 83.5 Å². The Morgan fingerprint density at radius 2 is 1.13 bits per heavy atom. The smallest absolute Gasteiger partial charge is 0.462 e. The molecule has 0 aliphatic heterocycles. The maximum atomic E-state index is 12.6. The largest absolute Gasteiger partial charge is 0.472 e. The minimum atomic E-state index is -4.45. The minimum absolute atomic E-state index is 0.00577. The molecule has 0 bridgehead atoms. The van der Waals surface area contributed by atoms with Crippen LogP contribution in [0.2, 0.25) is 0 Å². The Morgan fingerprint density at radius 3 is 1.71 bits per heavy atom. The zero-order valence-electron chi connectivity index (χ0n) is 33.6. The van der Waals surface area contributed by atoms with Crippen LogP contribution in [0.15, 0.2) is 85.1 Å². The van der Waals surface area contributed by atoms with Crippen LogP contribution < -0.4 is 5.73 Å². The molecule has 0 amide bonds. The Bertz CT molecular complexity index is 1210. The molecule has 0 aromatic heterocycles. The molecule has 0 spiro atoms. The summed E-state index contributed by atoms with van der Waals surface area (Å²) in [4.78, 5) is 34.9. The molecule has 55 heavy (non-hydrogen) atoms. The Hall–Kier alpha value is -2.89. The molecule has 0 aromatic carbocycles. The standard InChI is InChI=1S/C43H72NO10P/c1-3-5-7-9-11-13-15-17-18-19-21-23-25-27-29-33-43(48)54-39(38-53-55(49,50)52-36-35-44)37-51-42(47)34-30-32-41(46)40(45)31-28-26-24-22-20-16-14-12-10-8-6-4-2/h5-8,11-14,17-18,20,22,26,28,39-41,45-46H,3-4,9-10,15-16,19,21,23-25,27,29-38,44H2,1-2H3,(H,49,50)/b7-5-,8-6-,13-11-,14-12-,18-17-,22-20-,28-26-/t39-,40+,41+/m1/s1. The van der Waals surface area contributed by atoms with E-state index in [1.165, 1.54) is 0 Å². The van der Waals surface area contributed by atoms with Crippen LogP contribution in [0.5, 0.6) is 0 Å². The molecule has 0 aromatic rings. The van der Waals surface area contributed by atoms with E-state index >= 15 is 0 Å². The molecule has 12 heteroatoms. The predicted molar refractivity (Wildman–Crippen MR) is 222 cm³/mol. The van der Waals surface area contributed by atoms with Gasteiger partial charge in [0.2, 0.25) is 0 Å². The van der Waals surface area contributed by atoms with E-state index in [1.807, 2.05) is 18.2 Å². The third-order valence-corrected chi connectivity index (χ3v) is 8.96. The number of esters is 2. The number of unbranched alkanes of at least 4 members (excludes halogenated alkanes) is 5. The van der Waals surface area contributed by atoms with Crippen molar-refractivity contribution < 1.29 is 47.8 Å². The monoisotopic (exact) mass is 793 g/mol. The second-order valence-electron chi connectivity index (χ2n) is 13.0. The van der Waals surface area contributed by atoms with E-state index < -0.39 is 51.3 Å². The van der Waals surface area contributed by atoms with Crippen molar-refractivity contribution in [3.63, 3.8) is 0 Å². The van der Waals surface area contributed by atoms with Crippen LogP contribution in [0.1, 0.15) is 129 Å². The van der Waals surface area contributed by atoms with Gasteiger partial charge in [0, 0.05) is 19.4 Å². The van der Waals surface area contributed by atoms with Gasteiger partial charge in [-0.1, -0.05) is 118 Å². The number of nitrogens with two attached hydrogens (primary N) is 1. The van der Waals surface area contributed by atoms with Gasteiger partial charge in [0.1, 0.15) is 6.61 Å². The molecule has 4 atom stereocenters. The summed E-state index contributed by atoms with van der Waals surface area (Å²) in [6, 6.07) is 0. The molecular formula is C43H72NO10P. The van der Waals surface area contributed by atoms with Gasteiger partial charge < -0.3 is 30.3 Å². The number of aliphatic hydroxyl groups excluding tert-OH is 2. The molecule has 0 radical (unpaired) electrons. The van der Waals surface area contributed by atoms with Crippen LogP contribution in [0.25, 0.3) is 0 Å². The zero-order valence-corrected chi connectivity index (χ0v) is 34.5. The maximum Gasteiger partial charge on any atom is 0.472 e. The van der Waals surface area contributed by atoms with E-state index in [9.17, 15) is 29.3 Å². The third kappa shape index (κ3) is 36.5. The molecule has 0 saturated carbocycles. The van der Waals surface area contributed by atoms with E-state index in [4.69, 9.17) is 24.3 Å². The SMILES string of the molecule is CC/C=C\C/C=C\C/C=C\C/C=C\C[C@H](O)[C@@H](O)CCCC(=O)OC[C@H](COP(=O)(O)OCCN)OC(=O)CCCCCCC/C=C\C/C=C\C/C=C\CC. The molecule has 0 aliphatic rings. The van der Waals surface area contributed by atoms with Crippen LogP contribution in [0.4, 0.5) is 0 Å². The van der Waals surface area contributed by atoms with E-state index in [2.05, 4.69) is 80.7 Å². The summed E-state index contributed by atoms with van der Waals surface area (Å²) in [6.45, 7) is 3.11. The van der Waals surface area contributed by atoms with Crippen LogP contribution in [0, 0.1) is 0 Å². The normalized spacial score (nSPS) is 15.4. The fraction of sp³-hybridized carbons (Fsp3) is 0.628. The van der Waals surface area contributed by atoms with Gasteiger partial charge >= 0.3 is 19.8 Å². The lowest BCUT2D eigenvalue weighted by Crippen LogP contribution is -2.30. The van der Waals surface area contributed by atoms with Crippen LogP contribution >= 0.6 is 7.82 Å². The van der Waals surface area contributed by atoms with Gasteiger partial charge in [0.15, 0.2) is 6.10 Å². The van der Waals surface area contributed by atoms with Crippen molar-refractivity contribution in [2.45, 2.75) is 148 Å². The molecule has 1 unspecified atom stereocenters.